The van der Waals surface area contributed by atoms with E-state index in [2.05, 4.69) is 10.6 Å². The molecule has 0 aliphatic heterocycles. The van der Waals surface area contributed by atoms with Gasteiger partial charge in [0.25, 0.3) is 0 Å². The van der Waals surface area contributed by atoms with Gasteiger partial charge in [-0.1, -0.05) is 6.07 Å². The van der Waals surface area contributed by atoms with Crippen LogP contribution in [0.2, 0.25) is 0 Å². The van der Waals surface area contributed by atoms with Crippen molar-refractivity contribution in [1.29, 1.82) is 0 Å². The first-order valence-corrected chi connectivity index (χ1v) is 7.15. The predicted molar refractivity (Wildman–Crippen MR) is 82.9 cm³/mol. The number of halogens is 1. The summed E-state index contributed by atoms with van der Waals surface area (Å²) in [5.41, 5.74) is 0. The molecule has 2 N–H and O–H groups in total. The topological polar surface area (TPSA) is 67.4 Å². The van der Waals surface area contributed by atoms with Gasteiger partial charge in [0.15, 0.2) is 5.78 Å². The van der Waals surface area contributed by atoms with Gasteiger partial charge >= 0.3 is 0 Å². The number of hydrogen-bond donors (Lipinski definition) is 2. The highest BCUT2D eigenvalue weighted by molar-refractivity contribution is 7.12. The van der Waals surface area contributed by atoms with Crippen LogP contribution in [0.5, 0.6) is 0 Å². The van der Waals surface area contributed by atoms with Gasteiger partial charge < -0.3 is 15.4 Å². The molecule has 0 fully saturated rings. The van der Waals surface area contributed by atoms with Gasteiger partial charge in [-0.25, -0.2) is 0 Å². The Morgan fingerprint density at radius 2 is 2.05 bits per heavy atom. The van der Waals surface area contributed by atoms with Crippen molar-refractivity contribution in [3.05, 3.63) is 22.4 Å². The molecule has 0 unspecified atom stereocenters. The van der Waals surface area contributed by atoms with E-state index in [0.717, 1.165) is 6.54 Å². The molecule has 20 heavy (non-hydrogen) atoms. The van der Waals surface area contributed by atoms with E-state index in [9.17, 15) is 9.59 Å². The van der Waals surface area contributed by atoms with Crippen LogP contribution in [0.3, 0.4) is 0 Å². The highest BCUT2D eigenvalue weighted by atomic mass is 35.5. The van der Waals surface area contributed by atoms with Crippen molar-refractivity contribution in [1.82, 2.24) is 10.6 Å². The Morgan fingerprint density at radius 1 is 1.25 bits per heavy atom. The second-order valence-electron chi connectivity index (χ2n) is 3.99. The standard InChI is InChI=1S/C13H20N2O3S.ClH/c1-18-9-8-14-6-7-15-13(17)5-4-11(16)12-3-2-10-19-12;/h2-3,10,14H,4-9H2,1H3,(H,15,17);1H. The Labute approximate surface area is 129 Å². The molecule has 0 saturated heterocycles. The Balaban J connectivity index is 0.00000361. The fourth-order valence-corrected chi connectivity index (χ4v) is 2.16. The molecular weight excluding hydrogens is 300 g/mol. The summed E-state index contributed by atoms with van der Waals surface area (Å²) < 4.78 is 4.88. The maximum atomic E-state index is 11.7. The van der Waals surface area contributed by atoms with Gasteiger partial charge in [-0.3, -0.25) is 9.59 Å². The molecule has 0 aliphatic carbocycles. The van der Waals surface area contributed by atoms with Crippen LogP contribution < -0.4 is 10.6 Å². The van der Waals surface area contributed by atoms with Crippen molar-refractivity contribution in [2.45, 2.75) is 12.8 Å². The van der Waals surface area contributed by atoms with E-state index in [1.165, 1.54) is 11.3 Å². The predicted octanol–water partition coefficient (Wildman–Crippen LogP) is 1.48. The summed E-state index contributed by atoms with van der Waals surface area (Å²) in [6.07, 6.45) is 0.512. The first kappa shape index (κ1) is 19.1. The molecule has 0 radical (unpaired) electrons. The summed E-state index contributed by atoms with van der Waals surface area (Å²) in [5, 5.41) is 7.75. The summed E-state index contributed by atoms with van der Waals surface area (Å²) in [7, 11) is 1.65. The second-order valence-corrected chi connectivity index (χ2v) is 4.94. The number of Topliss-reactive ketones (excluding diaryl/α,β-unsaturated/α-hetero) is 1. The number of carbonyl (C=O) groups excluding carboxylic acids is 2. The summed E-state index contributed by atoms with van der Waals surface area (Å²) in [6, 6.07) is 3.62. The van der Waals surface area contributed by atoms with Crippen LogP contribution in [-0.2, 0) is 9.53 Å². The molecule has 0 spiro atoms. The second kappa shape index (κ2) is 11.8. The number of methoxy groups -OCH3 is 1. The summed E-state index contributed by atoms with van der Waals surface area (Å²) in [5.74, 6) is -0.0539. The fraction of sp³-hybridized carbons (Fsp3) is 0.538. The number of thiophene rings is 1. The number of hydrogen-bond acceptors (Lipinski definition) is 5. The Hall–Kier alpha value is -0.950. The minimum Gasteiger partial charge on any atom is -0.383 e. The van der Waals surface area contributed by atoms with Gasteiger partial charge in [0.05, 0.1) is 11.5 Å². The van der Waals surface area contributed by atoms with Crippen LogP contribution in [-0.4, -0.2) is 45.0 Å². The maximum absolute atomic E-state index is 11.7. The fourth-order valence-electron chi connectivity index (χ4n) is 1.47. The van der Waals surface area contributed by atoms with E-state index in [4.69, 9.17) is 4.74 Å². The van der Waals surface area contributed by atoms with Crippen LogP contribution in [0.25, 0.3) is 0 Å². The zero-order valence-electron chi connectivity index (χ0n) is 11.5. The van der Waals surface area contributed by atoms with E-state index in [-0.39, 0.29) is 36.9 Å². The van der Waals surface area contributed by atoms with Crippen molar-refractivity contribution < 1.29 is 14.3 Å². The molecule has 1 amide bonds. The maximum Gasteiger partial charge on any atom is 0.220 e. The van der Waals surface area contributed by atoms with E-state index < -0.39 is 0 Å². The number of amides is 1. The third kappa shape index (κ3) is 8.27. The van der Waals surface area contributed by atoms with Crippen LogP contribution in [0.1, 0.15) is 22.5 Å². The van der Waals surface area contributed by atoms with E-state index in [1.807, 2.05) is 11.4 Å². The molecule has 0 aromatic carbocycles. The molecule has 0 bridgehead atoms. The average Bonchev–Trinajstić information content (AvgIpc) is 2.94. The number of ketones is 1. The van der Waals surface area contributed by atoms with Gasteiger partial charge in [0.1, 0.15) is 0 Å². The molecule has 1 rings (SSSR count). The van der Waals surface area contributed by atoms with E-state index >= 15 is 0 Å². The normalized spacial score (nSPS) is 9.85. The number of ether oxygens (including phenoxy) is 1. The van der Waals surface area contributed by atoms with Crippen molar-refractivity contribution in [3.8, 4) is 0 Å². The van der Waals surface area contributed by atoms with Crippen molar-refractivity contribution in [2.24, 2.45) is 0 Å². The SMILES string of the molecule is COCCNCCNC(=O)CCC(=O)c1cccs1.Cl. The smallest absolute Gasteiger partial charge is 0.220 e. The highest BCUT2D eigenvalue weighted by Crippen LogP contribution is 2.11. The van der Waals surface area contributed by atoms with E-state index in [1.54, 1.807) is 13.2 Å². The molecule has 0 atom stereocenters. The number of rotatable bonds is 10. The molecule has 0 aliphatic rings. The van der Waals surface area contributed by atoms with Gasteiger partial charge in [-0.05, 0) is 11.4 Å². The summed E-state index contributed by atoms with van der Waals surface area (Å²) in [6.45, 7) is 2.69. The van der Waals surface area contributed by atoms with Gasteiger partial charge in [0, 0.05) is 39.6 Å². The first-order valence-electron chi connectivity index (χ1n) is 6.27. The Bertz CT molecular complexity index is 385. The quantitative estimate of drug-likeness (QED) is 0.506. The molecule has 0 saturated carbocycles. The lowest BCUT2D eigenvalue weighted by atomic mass is 10.2. The number of nitrogens with one attached hydrogen (secondary N) is 2. The van der Waals surface area contributed by atoms with Gasteiger partial charge in [-0.15, -0.1) is 23.7 Å². The average molecular weight is 321 g/mol. The lowest BCUT2D eigenvalue weighted by molar-refractivity contribution is -0.121. The molecule has 1 heterocycles. The van der Waals surface area contributed by atoms with Crippen molar-refractivity contribution in [3.63, 3.8) is 0 Å². The largest absolute Gasteiger partial charge is 0.383 e. The minimum absolute atomic E-state index is 0. The van der Waals surface area contributed by atoms with Crippen LogP contribution in [0, 0.1) is 0 Å². The third-order valence-corrected chi connectivity index (χ3v) is 3.39. The molecule has 7 heteroatoms. The van der Waals surface area contributed by atoms with Crippen molar-refractivity contribution in [2.75, 3.05) is 33.4 Å². The monoisotopic (exact) mass is 320 g/mol. The molecule has 5 nitrogen and oxygen atoms in total. The zero-order valence-corrected chi connectivity index (χ0v) is 13.1. The van der Waals surface area contributed by atoms with Gasteiger partial charge in [-0.2, -0.15) is 0 Å². The molecule has 114 valence electrons. The molecule has 1 aromatic heterocycles. The zero-order chi connectivity index (χ0) is 13.9. The Morgan fingerprint density at radius 3 is 2.70 bits per heavy atom. The Kier molecular flexibility index (Phi) is 11.3. The number of carbonyl (C=O) groups is 2. The van der Waals surface area contributed by atoms with Crippen LogP contribution in [0.15, 0.2) is 17.5 Å². The van der Waals surface area contributed by atoms with Crippen molar-refractivity contribution >= 4 is 35.4 Å². The van der Waals surface area contributed by atoms with Crippen LogP contribution in [0.4, 0.5) is 0 Å². The lowest BCUT2D eigenvalue weighted by Gasteiger charge is -2.06. The molecule has 1 aromatic rings. The minimum atomic E-state index is -0.0848. The first-order chi connectivity index (χ1) is 9.24. The summed E-state index contributed by atoms with van der Waals surface area (Å²) in [4.78, 5) is 23.9. The molecular formula is C13H21ClN2O3S. The van der Waals surface area contributed by atoms with Gasteiger partial charge in [0.2, 0.25) is 5.91 Å². The third-order valence-electron chi connectivity index (χ3n) is 2.48. The van der Waals surface area contributed by atoms with Crippen LogP contribution >= 0.6 is 23.7 Å². The lowest BCUT2D eigenvalue weighted by Crippen LogP contribution is -2.33. The van der Waals surface area contributed by atoms with E-state index in [0.29, 0.717) is 24.6 Å². The highest BCUT2D eigenvalue weighted by Gasteiger charge is 2.09. The summed E-state index contributed by atoms with van der Waals surface area (Å²) >= 11 is 1.41.